The lowest BCUT2D eigenvalue weighted by molar-refractivity contribution is 0.0952. The molecule has 4 rings (SSSR count). The molecular weight excluding hydrogens is 483 g/mol. The Morgan fingerprint density at radius 2 is 1.71 bits per heavy atom. The number of hydrogen-bond donors (Lipinski definition) is 1. The fourth-order valence-corrected chi connectivity index (χ4v) is 5.28. The molecule has 0 unspecified atom stereocenters. The normalized spacial score (nSPS) is 15.9. The Bertz CT molecular complexity index is 1530. The molecule has 1 aliphatic heterocycles. The van der Waals surface area contributed by atoms with Gasteiger partial charge in [-0.25, -0.2) is 12.8 Å². The standard InChI is InChI=1S/C24H14ClFN2O5S/c25-18-11-16(9-10-19(18)26)20(29)13-28-22(23(30)15-7-5-14(12-27)6-8-15)24(31)17-3-1-2-4-21(17)34(28,32)33/h1-11,30H,13H2. The third-order valence-corrected chi connectivity index (χ3v) is 7.30. The first-order valence-corrected chi connectivity index (χ1v) is 11.6. The molecule has 3 aromatic rings. The number of ketones is 2. The minimum absolute atomic E-state index is 0.0687. The molecule has 0 aromatic heterocycles. The van der Waals surface area contributed by atoms with Crippen LogP contribution in [0.1, 0.15) is 31.8 Å². The maximum Gasteiger partial charge on any atom is 0.265 e. The van der Waals surface area contributed by atoms with Gasteiger partial charge in [-0.05, 0) is 54.6 Å². The van der Waals surface area contributed by atoms with Crippen LogP contribution in [-0.2, 0) is 10.0 Å². The molecule has 0 bridgehead atoms. The fourth-order valence-electron chi connectivity index (χ4n) is 3.48. The van der Waals surface area contributed by atoms with Crippen LogP contribution in [0.25, 0.3) is 5.76 Å². The number of benzene rings is 3. The molecular formula is C24H14ClFN2O5S. The van der Waals surface area contributed by atoms with Gasteiger partial charge in [-0.15, -0.1) is 0 Å². The first-order valence-electron chi connectivity index (χ1n) is 9.73. The van der Waals surface area contributed by atoms with Crippen molar-refractivity contribution in [3.8, 4) is 6.07 Å². The highest BCUT2D eigenvalue weighted by Gasteiger charge is 2.42. The van der Waals surface area contributed by atoms with Gasteiger partial charge >= 0.3 is 0 Å². The number of carbonyl (C=O) groups excluding carboxylic acids is 2. The highest BCUT2D eigenvalue weighted by Crippen LogP contribution is 2.35. The molecule has 0 fully saturated rings. The number of allylic oxidation sites excluding steroid dienone is 1. The molecule has 1 aliphatic rings. The number of nitriles is 1. The van der Waals surface area contributed by atoms with Crippen molar-refractivity contribution in [1.29, 1.82) is 5.26 Å². The summed E-state index contributed by atoms with van der Waals surface area (Å²) in [6, 6.07) is 16.0. The van der Waals surface area contributed by atoms with E-state index in [9.17, 15) is 27.5 Å². The lowest BCUT2D eigenvalue weighted by Gasteiger charge is -2.31. The zero-order valence-electron chi connectivity index (χ0n) is 17.2. The van der Waals surface area contributed by atoms with Gasteiger partial charge in [0.25, 0.3) is 10.0 Å². The van der Waals surface area contributed by atoms with Gasteiger partial charge in [-0.2, -0.15) is 5.26 Å². The Morgan fingerprint density at radius 3 is 2.35 bits per heavy atom. The summed E-state index contributed by atoms with van der Waals surface area (Å²) in [6.07, 6.45) is 0. The number of rotatable bonds is 4. The quantitative estimate of drug-likeness (QED) is 0.326. The topological polar surface area (TPSA) is 116 Å². The van der Waals surface area contributed by atoms with Gasteiger partial charge in [0.1, 0.15) is 11.5 Å². The van der Waals surface area contributed by atoms with Crippen LogP contribution in [0, 0.1) is 17.1 Å². The predicted molar refractivity (Wildman–Crippen MR) is 121 cm³/mol. The number of Topliss-reactive ketones (excluding diaryl/α,β-unsaturated/α-hetero) is 2. The van der Waals surface area contributed by atoms with Crippen molar-refractivity contribution in [3.05, 3.63) is 106 Å². The largest absolute Gasteiger partial charge is 0.505 e. The van der Waals surface area contributed by atoms with Crippen molar-refractivity contribution >= 4 is 38.9 Å². The van der Waals surface area contributed by atoms with Crippen LogP contribution < -0.4 is 0 Å². The van der Waals surface area contributed by atoms with Crippen LogP contribution in [0.15, 0.2) is 77.3 Å². The molecule has 34 heavy (non-hydrogen) atoms. The molecule has 0 saturated heterocycles. The first kappa shape index (κ1) is 23.2. The number of hydrogen-bond acceptors (Lipinski definition) is 6. The van der Waals surface area contributed by atoms with Gasteiger partial charge in [0.15, 0.2) is 11.5 Å². The van der Waals surface area contributed by atoms with Gasteiger partial charge in [0.2, 0.25) is 5.78 Å². The van der Waals surface area contributed by atoms with Crippen molar-refractivity contribution in [1.82, 2.24) is 4.31 Å². The van der Waals surface area contributed by atoms with Crippen LogP contribution in [0.5, 0.6) is 0 Å². The molecule has 0 saturated carbocycles. The summed E-state index contributed by atoms with van der Waals surface area (Å²) in [5, 5.41) is 19.6. The number of sulfonamides is 1. The van der Waals surface area contributed by atoms with Crippen LogP contribution in [0.3, 0.4) is 0 Å². The second kappa shape index (κ2) is 8.74. The Morgan fingerprint density at radius 1 is 1.06 bits per heavy atom. The molecule has 3 aromatic carbocycles. The number of carbonyl (C=O) groups is 2. The van der Waals surface area contributed by atoms with E-state index in [-0.39, 0.29) is 32.2 Å². The Hall–Kier alpha value is -4.00. The Balaban J connectivity index is 1.89. The fraction of sp³-hybridized carbons (Fsp3) is 0.0417. The smallest absolute Gasteiger partial charge is 0.265 e. The molecule has 170 valence electrons. The Kier molecular flexibility index (Phi) is 5.96. The average molecular weight is 497 g/mol. The predicted octanol–water partition coefficient (Wildman–Crippen LogP) is 4.35. The minimum Gasteiger partial charge on any atom is -0.505 e. The molecule has 10 heteroatoms. The lowest BCUT2D eigenvalue weighted by Crippen LogP contribution is -2.42. The van der Waals surface area contributed by atoms with Gasteiger partial charge in [-0.3, -0.25) is 13.9 Å². The van der Waals surface area contributed by atoms with E-state index in [0.29, 0.717) is 4.31 Å². The Labute approximate surface area is 199 Å². The summed E-state index contributed by atoms with van der Waals surface area (Å²) in [6.45, 7) is -0.847. The first-order chi connectivity index (χ1) is 16.1. The van der Waals surface area contributed by atoms with Crippen molar-refractivity contribution in [2.45, 2.75) is 4.90 Å². The van der Waals surface area contributed by atoms with Crippen LogP contribution in [-0.4, -0.2) is 35.9 Å². The highest BCUT2D eigenvalue weighted by atomic mass is 35.5. The molecule has 0 radical (unpaired) electrons. The van der Waals surface area contributed by atoms with Crippen LogP contribution >= 0.6 is 11.6 Å². The molecule has 7 nitrogen and oxygen atoms in total. The molecule has 0 aliphatic carbocycles. The summed E-state index contributed by atoms with van der Waals surface area (Å²) < 4.78 is 40.9. The van der Waals surface area contributed by atoms with Crippen molar-refractivity contribution in [2.75, 3.05) is 6.54 Å². The number of aliphatic hydroxyl groups excluding tert-OH is 1. The number of aliphatic hydroxyl groups is 1. The van der Waals surface area contributed by atoms with E-state index in [4.69, 9.17) is 16.9 Å². The van der Waals surface area contributed by atoms with Gasteiger partial charge in [0, 0.05) is 16.7 Å². The maximum absolute atomic E-state index is 13.5. The zero-order chi connectivity index (χ0) is 24.6. The van der Waals surface area contributed by atoms with E-state index in [1.807, 2.05) is 6.07 Å². The second-order valence-electron chi connectivity index (χ2n) is 7.28. The zero-order valence-corrected chi connectivity index (χ0v) is 18.8. The third-order valence-electron chi connectivity index (χ3n) is 5.20. The number of halogens is 2. The maximum atomic E-state index is 13.5. The van der Waals surface area contributed by atoms with E-state index < -0.39 is 45.4 Å². The lowest BCUT2D eigenvalue weighted by atomic mass is 10.0. The van der Waals surface area contributed by atoms with Crippen molar-refractivity contribution < 1.29 is 27.5 Å². The third kappa shape index (κ3) is 3.94. The van der Waals surface area contributed by atoms with Crippen LogP contribution in [0.2, 0.25) is 5.02 Å². The SMILES string of the molecule is N#Cc1ccc(C(O)=C2C(=O)c3ccccc3S(=O)(=O)N2CC(=O)c2ccc(F)c(Cl)c2)cc1. The van der Waals surface area contributed by atoms with E-state index in [1.54, 1.807) is 0 Å². The summed E-state index contributed by atoms with van der Waals surface area (Å²) in [5.41, 5.74) is -0.504. The highest BCUT2D eigenvalue weighted by molar-refractivity contribution is 7.89. The number of fused-ring (bicyclic) bond motifs is 1. The van der Waals surface area contributed by atoms with E-state index in [0.717, 1.165) is 18.2 Å². The van der Waals surface area contributed by atoms with Gasteiger partial charge < -0.3 is 5.11 Å². The van der Waals surface area contributed by atoms with Crippen LogP contribution in [0.4, 0.5) is 4.39 Å². The molecule has 1 N–H and O–H groups in total. The summed E-state index contributed by atoms with van der Waals surface area (Å²) >= 11 is 5.75. The average Bonchev–Trinajstić information content (AvgIpc) is 2.84. The summed E-state index contributed by atoms with van der Waals surface area (Å²) in [5.74, 6) is -3.02. The minimum atomic E-state index is -4.44. The van der Waals surface area contributed by atoms with E-state index in [2.05, 4.69) is 0 Å². The van der Waals surface area contributed by atoms with Gasteiger partial charge in [0.05, 0.1) is 28.1 Å². The van der Waals surface area contributed by atoms with E-state index >= 15 is 0 Å². The molecule has 0 atom stereocenters. The molecule has 1 heterocycles. The molecule has 0 spiro atoms. The van der Waals surface area contributed by atoms with Crippen molar-refractivity contribution in [2.24, 2.45) is 0 Å². The monoisotopic (exact) mass is 496 g/mol. The molecule has 0 amide bonds. The number of nitrogens with zero attached hydrogens (tertiary/aromatic N) is 2. The summed E-state index contributed by atoms with van der Waals surface area (Å²) in [4.78, 5) is 25.9. The second-order valence-corrected chi connectivity index (χ2v) is 9.51. The summed E-state index contributed by atoms with van der Waals surface area (Å²) in [7, 11) is -4.44. The van der Waals surface area contributed by atoms with E-state index in [1.165, 1.54) is 48.5 Å². The van der Waals surface area contributed by atoms with Crippen molar-refractivity contribution in [3.63, 3.8) is 0 Å². The van der Waals surface area contributed by atoms with Gasteiger partial charge in [-0.1, -0.05) is 23.7 Å².